The number of nitrogens with one attached hydrogen (secondary N) is 1. The van der Waals surface area contributed by atoms with Gasteiger partial charge >= 0.3 is 12.0 Å². The topological polar surface area (TPSA) is 67.9 Å². The minimum atomic E-state index is -0.475. The van der Waals surface area contributed by atoms with Crippen LogP contribution in [0.4, 0.5) is 4.79 Å². The summed E-state index contributed by atoms with van der Waals surface area (Å²) < 4.78 is 10.2. The molecule has 1 aromatic heterocycles. The molecule has 1 aromatic rings. The van der Waals surface area contributed by atoms with Crippen LogP contribution >= 0.6 is 11.3 Å². The van der Waals surface area contributed by atoms with E-state index in [4.69, 9.17) is 9.47 Å². The van der Waals surface area contributed by atoms with E-state index in [1.165, 1.54) is 16.2 Å². The Morgan fingerprint density at radius 2 is 2.27 bits per heavy atom. The van der Waals surface area contributed by atoms with Crippen molar-refractivity contribution in [3.8, 4) is 0 Å². The number of esters is 1. The summed E-state index contributed by atoms with van der Waals surface area (Å²) in [6, 6.07) is 1.18. The van der Waals surface area contributed by atoms with Crippen LogP contribution < -0.4 is 5.32 Å². The molecule has 0 aliphatic carbocycles. The van der Waals surface area contributed by atoms with Crippen LogP contribution in [-0.4, -0.2) is 43.8 Å². The highest BCUT2D eigenvalue weighted by molar-refractivity contribution is 7.08. The third-order valence-electron chi connectivity index (χ3n) is 3.49. The van der Waals surface area contributed by atoms with Crippen molar-refractivity contribution in [3.63, 3.8) is 0 Å². The first-order chi connectivity index (χ1) is 10.6. The standard InChI is InChI=1S/C15H20N2O4S/c1-4-21-14(18)12-10(2)17(6-7-20-3)15(19)16-13(12)11-5-8-22-9-11/h5,8-9,13H,4,6-7H2,1-3H3,(H,16,19). The number of urea groups is 1. The number of rotatable bonds is 6. The van der Waals surface area contributed by atoms with Crippen LogP contribution in [0.15, 0.2) is 28.1 Å². The number of hydrogen-bond acceptors (Lipinski definition) is 5. The molecule has 2 heterocycles. The van der Waals surface area contributed by atoms with E-state index in [1.807, 2.05) is 16.8 Å². The lowest BCUT2D eigenvalue weighted by atomic mass is 9.97. The molecule has 0 saturated heterocycles. The minimum absolute atomic E-state index is 0.237. The number of carbonyl (C=O) groups is 2. The SMILES string of the molecule is CCOC(=O)C1=C(C)N(CCOC)C(=O)NC1c1ccsc1. The monoisotopic (exact) mass is 324 g/mol. The van der Waals surface area contributed by atoms with Crippen LogP contribution in [0.3, 0.4) is 0 Å². The summed E-state index contributed by atoms with van der Waals surface area (Å²) in [5.74, 6) is -0.404. The first kappa shape index (κ1) is 16.5. The van der Waals surface area contributed by atoms with Crippen molar-refractivity contribution in [3.05, 3.63) is 33.7 Å². The summed E-state index contributed by atoms with van der Waals surface area (Å²) in [5.41, 5.74) is 1.96. The van der Waals surface area contributed by atoms with E-state index in [9.17, 15) is 9.59 Å². The maximum Gasteiger partial charge on any atom is 0.338 e. The van der Waals surface area contributed by atoms with Gasteiger partial charge in [0.15, 0.2) is 0 Å². The lowest BCUT2D eigenvalue weighted by Crippen LogP contribution is -2.48. The number of nitrogens with zero attached hydrogens (tertiary/aromatic N) is 1. The van der Waals surface area contributed by atoms with E-state index in [0.717, 1.165) is 5.56 Å². The zero-order valence-corrected chi connectivity index (χ0v) is 13.7. The first-order valence-corrected chi connectivity index (χ1v) is 8.01. The summed E-state index contributed by atoms with van der Waals surface area (Å²) in [4.78, 5) is 26.2. The van der Waals surface area contributed by atoms with Crippen LogP contribution in [0.25, 0.3) is 0 Å². The summed E-state index contributed by atoms with van der Waals surface area (Å²) in [6.45, 7) is 4.59. The van der Waals surface area contributed by atoms with Crippen molar-refractivity contribution < 1.29 is 19.1 Å². The third kappa shape index (κ3) is 3.31. The van der Waals surface area contributed by atoms with Crippen LogP contribution in [0.1, 0.15) is 25.5 Å². The van der Waals surface area contributed by atoms with Gasteiger partial charge in [-0.05, 0) is 36.2 Å². The molecule has 1 aliphatic heterocycles. The van der Waals surface area contributed by atoms with Gasteiger partial charge in [0.1, 0.15) is 0 Å². The van der Waals surface area contributed by atoms with Crippen LogP contribution in [0, 0.1) is 0 Å². The molecule has 0 fully saturated rings. The Morgan fingerprint density at radius 1 is 1.50 bits per heavy atom. The van der Waals surface area contributed by atoms with Crippen molar-refractivity contribution in [2.24, 2.45) is 0 Å². The van der Waals surface area contributed by atoms with Gasteiger partial charge in [0.25, 0.3) is 0 Å². The largest absolute Gasteiger partial charge is 0.463 e. The molecule has 2 rings (SSSR count). The normalized spacial score (nSPS) is 18.4. The van der Waals surface area contributed by atoms with Crippen molar-refractivity contribution in [2.75, 3.05) is 26.9 Å². The average Bonchev–Trinajstić information content (AvgIpc) is 3.00. The Balaban J connectivity index is 2.40. The van der Waals surface area contributed by atoms with Crippen molar-refractivity contribution in [1.29, 1.82) is 0 Å². The molecular weight excluding hydrogens is 304 g/mol. The number of allylic oxidation sites excluding steroid dienone is 1. The lowest BCUT2D eigenvalue weighted by Gasteiger charge is -2.34. The predicted molar refractivity (Wildman–Crippen MR) is 83.5 cm³/mol. The summed E-state index contributed by atoms with van der Waals surface area (Å²) in [6.07, 6.45) is 0. The second-order valence-corrected chi connectivity index (χ2v) is 5.58. The molecule has 1 atom stereocenters. The smallest absolute Gasteiger partial charge is 0.338 e. The summed E-state index contributed by atoms with van der Waals surface area (Å²) >= 11 is 1.52. The quantitative estimate of drug-likeness (QED) is 0.815. The van der Waals surface area contributed by atoms with Crippen molar-refractivity contribution in [2.45, 2.75) is 19.9 Å². The molecule has 7 heteroatoms. The second kappa shape index (κ2) is 7.42. The zero-order valence-electron chi connectivity index (χ0n) is 12.9. The average molecular weight is 324 g/mol. The maximum atomic E-state index is 12.4. The second-order valence-electron chi connectivity index (χ2n) is 4.80. The van der Waals surface area contributed by atoms with E-state index >= 15 is 0 Å². The van der Waals surface area contributed by atoms with E-state index in [-0.39, 0.29) is 12.6 Å². The minimum Gasteiger partial charge on any atom is -0.463 e. The zero-order chi connectivity index (χ0) is 16.1. The number of methoxy groups -OCH3 is 1. The Morgan fingerprint density at radius 3 is 2.86 bits per heavy atom. The fraction of sp³-hybridized carbons (Fsp3) is 0.467. The van der Waals surface area contributed by atoms with Gasteiger partial charge in [0, 0.05) is 12.8 Å². The third-order valence-corrected chi connectivity index (χ3v) is 4.19. The molecule has 0 bridgehead atoms. The Bertz CT molecular complexity index is 568. The predicted octanol–water partition coefficient (Wildman–Crippen LogP) is 2.30. The molecule has 1 N–H and O–H groups in total. The molecule has 22 heavy (non-hydrogen) atoms. The Hall–Kier alpha value is -1.86. The molecule has 1 aliphatic rings. The van der Waals surface area contributed by atoms with Gasteiger partial charge in [-0.2, -0.15) is 11.3 Å². The van der Waals surface area contributed by atoms with Gasteiger partial charge < -0.3 is 14.8 Å². The molecule has 2 amide bonds. The highest BCUT2D eigenvalue weighted by Crippen LogP contribution is 2.32. The van der Waals surface area contributed by atoms with E-state index in [1.54, 1.807) is 21.0 Å². The highest BCUT2D eigenvalue weighted by Gasteiger charge is 2.36. The molecule has 0 radical (unpaired) electrons. The number of thiophene rings is 1. The van der Waals surface area contributed by atoms with Gasteiger partial charge in [-0.3, -0.25) is 4.90 Å². The van der Waals surface area contributed by atoms with Crippen LogP contribution in [-0.2, 0) is 14.3 Å². The van der Waals surface area contributed by atoms with E-state index in [2.05, 4.69) is 5.32 Å². The summed E-state index contributed by atoms with van der Waals surface area (Å²) in [5, 5.41) is 6.71. The van der Waals surface area contributed by atoms with Crippen molar-refractivity contribution >= 4 is 23.3 Å². The Kier molecular flexibility index (Phi) is 5.57. The summed E-state index contributed by atoms with van der Waals surface area (Å²) in [7, 11) is 1.57. The molecule has 6 nitrogen and oxygen atoms in total. The molecule has 0 aromatic carbocycles. The number of hydrogen-bond donors (Lipinski definition) is 1. The fourth-order valence-electron chi connectivity index (χ4n) is 2.40. The Labute approximate surface area is 133 Å². The fourth-order valence-corrected chi connectivity index (χ4v) is 3.08. The van der Waals surface area contributed by atoms with Gasteiger partial charge in [0.05, 0.1) is 31.4 Å². The van der Waals surface area contributed by atoms with Gasteiger partial charge in [0.2, 0.25) is 0 Å². The van der Waals surface area contributed by atoms with E-state index < -0.39 is 12.0 Å². The van der Waals surface area contributed by atoms with Gasteiger partial charge in [-0.15, -0.1) is 0 Å². The van der Waals surface area contributed by atoms with Gasteiger partial charge in [-0.1, -0.05) is 0 Å². The number of ether oxygens (including phenoxy) is 2. The van der Waals surface area contributed by atoms with Crippen molar-refractivity contribution in [1.82, 2.24) is 10.2 Å². The number of carbonyl (C=O) groups excluding carboxylic acids is 2. The molecule has 0 spiro atoms. The molecular formula is C15H20N2O4S. The lowest BCUT2D eigenvalue weighted by molar-refractivity contribution is -0.139. The number of amides is 2. The molecule has 120 valence electrons. The van der Waals surface area contributed by atoms with Crippen LogP contribution in [0.2, 0.25) is 0 Å². The molecule has 0 saturated carbocycles. The van der Waals surface area contributed by atoms with E-state index in [0.29, 0.717) is 24.4 Å². The molecule has 1 unspecified atom stereocenters. The highest BCUT2D eigenvalue weighted by atomic mass is 32.1. The maximum absolute atomic E-state index is 12.4. The first-order valence-electron chi connectivity index (χ1n) is 7.07. The van der Waals surface area contributed by atoms with Crippen LogP contribution in [0.5, 0.6) is 0 Å². The van der Waals surface area contributed by atoms with Gasteiger partial charge in [-0.25, -0.2) is 9.59 Å².